The lowest BCUT2D eigenvalue weighted by atomic mass is 9.71. The summed E-state index contributed by atoms with van der Waals surface area (Å²) in [4.78, 5) is 13.7. The Balaban J connectivity index is 2.16. The Morgan fingerprint density at radius 2 is 2.09 bits per heavy atom. The van der Waals surface area contributed by atoms with Crippen molar-refractivity contribution in [1.82, 2.24) is 4.90 Å². The lowest BCUT2D eigenvalue weighted by Gasteiger charge is -2.49. The van der Waals surface area contributed by atoms with Gasteiger partial charge in [-0.05, 0) is 44.9 Å². The van der Waals surface area contributed by atoms with Crippen LogP contribution in [0.25, 0.3) is 0 Å². The van der Waals surface area contributed by atoms with Crippen LogP contribution in [0.5, 0.6) is 0 Å². The molecule has 1 heterocycles. The van der Waals surface area contributed by atoms with Crippen LogP contribution in [0, 0.1) is 18.3 Å². The molecule has 1 aromatic rings. The van der Waals surface area contributed by atoms with Crippen LogP contribution in [0.2, 0.25) is 5.02 Å². The molecule has 1 aliphatic heterocycles. The number of amides is 1. The number of aryl methyl sites for hydroxylation is 1. The molecule has 0 saturated carbocycles. The fourth-order valence-corrected chi connectivity index (χ4v) is 2.78. The number of likely N-dealkylation sites (tertiary alicyclic amines) is 1. The van der Waals surface area contributed by atoms with Crippen molar-refractivity contribution < 1.29 is 9.53 Å². The molecule has 1 aromatic carbocycles. The largest absolute Gasteiger partial charge is 0.444 e. The van der Waals surface area contributed by atoms with Crippen LogP contribution in [0.15, 0.2) is 18.2 Å². The van der Waals surface area contributed by atoms with Gasteiger partial charge in [0.1, 0.15) is 5.60 Å². The van der Waals surface area contributed by atoms with Crippen molar-refractivity contribution >= 4 is 17.7 Å². The number of ether oxygens (including phenoxy) is 1. The predicted molar refractivity (Wildman–Crippen MR) is 85.9 cm³/mol. The minimum Gasteiger partial charge on any atom is -0.444 e. The first-order valence-electron chi connectivity index (χ1n) is 7.28. The number of carbonyl (C=O) groups is 1. The number of benzene rings is 1. The van der Waals surface area contributed by atoms with E-state index in [-0.39, 0.29) is 11.5 Å². The highest BCUT2D eigenvalue weighted by molar-refractivity contribution is 6.31. The molecule has 4 nitrogen and oxygen atoms in total. The summed E-state index contributed by atoms with van der Waals surface area (Å²) < 4.78 is 5.37. The Morgan fingerprint density at radius 3 is 2.59 bits per heavy atom. The Bertz CT molecular complexity index is 623. The van der Waals surface area contributed by atoms with Crippen molar-refractivity contribution in [3.05, 3.63) is 34.3 Å². The van der Waals surface area contributed by atoms with Crippen molar-refractivity contribution in [3.63, 3.8) is 0 Å². The Hall–Kier alpha value is -1.73. The highest BCUT2D eigenvalue weighted by Crippen LogP contribution is 2.39. The van der Waals surface area contributed by atoms with Gasteiger partial charge in [-0.3, -0.25) is 0 Å². The van der Waals surface area contributed by atoms with Gasteiger partial charge in [0.15, 0.2) is 0 Å². The number of hydrogen-bond acceptors (Lipinski definition) is 3. The molecule has 0 N–H and O–H groups in total. The van der Waals surface area contributed by atoms with E-state index in [4.69, 9.17) is 21.6 Å². The van der Waals surface area contributed by atoms with Crippen molar-refractivity contribution in [2.75, 3.05) is 13.1 Å². The van der Waals surface area contributed by atoms with E-state index in [0.29, 0.717) is 24.5 Å². The van der Waals surface area contributed by atoms with Gasteiger partial charge in [-0.25, -0.2) is 4.79 Å². The average molecular weight is 321 g/mol. The van der Waals surface area contributed by atoms with Crippen LogP contribution in [-0.4, -0.2) is 29.7 Å². The number of hydrogen-bond donors (Lipinski definition) is 0. The topological polar surface area (TPSA) is 53.3 Å². The van der Waals surface area contributed by atoms with Gasteiger partial charge in [-0.2, -0.15) is 5.26 Å². The molecule has 118 valence electrons. The standard InChI is InChI=1S/C17H21ClN2O2/c1-12-9-13(5-6-14(12)18)17(7-8-19)10-20(11-17)15(21)22-16(2,3)4/h5-6,9H,7,10-11H2,1-4H3. The van der Waals surface area contributed by atoms with Crippen LogP contribution in [0.1, 0.15) is 38.3 Å². The maximum atomic E-state index is 12.1. The zero-order chi connectivity index (χ0) is 16.5. The van der Waals surface area contributed by atoms with E-state index in [2.05, 4.69) is 6.07 Å². The fraction of sp³-hybridized carbons (Fsp3) is 0.529. The molecule has 1 saturated heterocycles. The van der Waals surface area contributed by atoms with Crippen LogP contribution in [0.3, 0.4) is 0 Å². The molecule has 1 fully saturated rings. The number of nitrogens with zero attached hydrogens (tertiary/aromatic N) is 2. The first kappa shape index (κ1) is 16.6. The van der Waals surface area contributed by atoms with Gasteiger partial charge < -0.3 is 9.64 Å². The van der Waals surface area contributed by atoms with E-state index in [1.807, 2.05) is 45.9 Å². The first-order chi connectivity index (χ1) is 10.2. The van der Waals surface area contributed by atoms with E-state index in [9.17, 15) is 4.79 Å². The molecule has 0 unspecified atom stereocenters. The van der Waals surface area contributed by atoms with Crippen LogP contribution in [0.4, 0.5) is 4.79 Å². The Labute approximate surface area is 136 Å². The van der Waals surface area contributed by atoms with Gasteiger partial charge in [-0.1, -0.05) is 23.7 Å². The summed E-state index contributed by atoms with van der Waals surface area (Å²) in [7, 11) is 0. The summed E-state index contributed by atoms with van der Waals surface area (Å²) in [6.45, 7) is 8.46. The molecule has 1 amide bonds. The van der Waals surface area contributed by atoms with E-state index in [1.54, 1.807) is 4.90 Å². The van der Waals surface area contributed by atoms with Gasteiger partial charge in [0, 0.05) is 29.9 Å². The second-order valence-corrected chi connectivity index (χ2v) is 7.32. The first-order valence-corrected chi connectivity index (χ1v) is 7.66. The van der Waals surface area contributed by atoms with Crippen LogP contribution in [-0.2, 0) is 10.2 Å². The van der Waals surface area contributed by atoms with Crippen molar-refractivity contribution in [2.45, 2.75) is 45.1 Å². The number of carbonyl (C=O) groups excluding carboxylic acids is 1. The molecule has 0 aliphatic carbocycles. The summed E-state index contributed by atoms with van der Waals surface area (Å²) in [6.07, 6.45) is 0.0413. The van der Waals surface area contributed by atoms with Crippen molar-refractivity contribution in [2.24, 2.45) is 0 Å². The molecule has 0 spiro atoms. The van der Waals surface area contributed by atoms with Gasteiger partial charge in [-0.15, -0.1) is 0 Å². The van der Waals surface area contributed by atoms with E-state index >= 15 is 0 Å². The smallest absolute Gasteiger partial charge is 0.410 e. The molecule has 0 aromatic heterocycles. The minimum atomic E-state index is -0.512. The molecular weight excluding hydrogens is 300 g/mol. The molecule has 1 aliphatic rings. The third kappa shape index (κ3) is 3.36. The van der Waals surface area contributed by atoms with Gasteiger partial charge in [0.2, 0.25) is 0 Å². The monoisotopic (exact) mass is 320 g/mol. The maximum Gasteiger partial charge on any atom is 0.410 e. The second kappa shape index (κ2) is 5.81. The summed E-state index contributed by atoms with van der Waals surface area (Å²) in [6, 6.07) is 8.04. The van der Waals surface area contributed by atoms with Crippen LogP contribution < -0.4 is 0 Å². The molecule has 0 bridgehead atoms. The van der Waals surface area contributed by atoms with E-state index < -0.39 is 5.60 Å². The lowest BCUT2D eigenvalue weighted by Crippen LogP contribution is -2.61. The second-order valence-electron chi connectivity index (χ2n) is 6.92. The Kier molecular flexibility index (Phi) is 4.39. The fourth-order valence-electron chi connectivity index (χ4n) is 2.66. The summed E-state index contributed by atoms with van der Waals surface area (Å²) in [5.41, 5.74) is 1.20. The number of rotatable bonds is 2. The number of halogens is 1. The maximum absolute atomic E-state index is 12.1. The third-order valence-corrected chi connectivity index (χ3v) is 4.25. The van der Waals surface area contributed by atoms with E-state index in [1.165, 1.54) is 0 Å². The average Bonchev–Trinajstić information content (AvgIpc) is 2.34. The Morgan fingerprint density at radius 1 is 1.45 bits per heavy atom. The summed E-state index contributed by atoms with van der Waals surface area (Å²) in [5, 5.41) is 9.86. The number of nitriles is 1. The molecule has 22 heavy (non-hydrogen) atoms. The molecule has 0 atom stereocenters. The lowest BCUT2D eigenvalue weighted by molar-refractivity contribution is -0.00919. The predicted octanol–water partition coefficient (Wildman–Crippen LogP) is 4.05. The van der Waals surface area contributed by atoms with Crippen molar-refractivity contribution in [1.29, 1.82) is 5.26 Å². The van der Waals surface area contributed by atoms with Gasteiger partial charge in [0.05, 0.1) is 6.07 Å². The quantitative estimate of drug-likeness (QED) is 0.826. The minimum absolute atomic E-state index is 0.318. The van der Waals surface area contributed by atoms with Gasteiger partial charge in [0.25, 0.3) is 0 Å². The molecule has 0 radical (unpaired) electrons. The SMILES string of the molecule is Cc1cc(C2(CC#N)CN(C(=O)OC(C)(C)C)C2)ccc1Cl. The summed E-state index contributed by atoms with van der Waals surface area (Å²) >= 11 is 6.07. The normalized spacial score (nSPS) is 16.6. The zero-order valence-electron chi connectivity index (χ0n) is 13.4. The van der Waals surface area contributed by atoms with Gasteiger partial charge >= 0.3 is 6.09 Å². The zero-order valence-corrected chi connectivity index (χ0v) is 14.2. The highest BCUT2D eigenvalue weighted by Gasteiger charge is 2.47. The van der Waals surface area contributed by atoms with E-state index in [0.717, 1.165) is 11.1 Å². The molecule has 5 heteroatoms. The van der Waals surface area contributed by atoms with Crippen LogP contribution >= 0.6 is 11.6 Å². The highest BCUT2D eigenvalue weighted by atomic mass is 35.5. The third-order valence-electron chi connectivity index (χ3n) is 3.83. The van der Waals surface area contributed by atoms with Crippen molar-refractivity contribution in [3.8, 4) is 6.07 Å². The molecule has 2 rings (SSSR count). The molecular formula is C17H21ClN2O2. The summed E-state index contributed by atoms with van der Waals surface area (Å²) in [5.74, 6) is 0.